The molecule has 34 heavy (non-hydrogen) atoms. The molecule has 2 aromatic carbocycles. The van der Waals surface area contributed by atoms with E-state index in [1.54, 1.807) is 43.9 Å². The molecule has 1 saturated heterocycles. The molecular formula is C25H27BrF2N2O3S. The lowest BCUT2D eigenvalue weighted by atomic mass is 10.1. The Bertz CT molecular complexity index is 1280. The summed E-state index contributed by atoms with van der Waals surface area (Å²) in [5, 5.41) is 0.787. The van der Waals surface area contributed by atoms with Crippen LogP contribution in [0, 0.1) is 0 Å². The van der Waals surface area contributed by atoms with E-state index in [1.807, 2.05) is 31.2 Å². The van der Waals surface area contributed by atoms with Gasteiger partial charge in [0.2, 0.25) is 0 Å². The lowest BCUT2D eigenvalue weighted by Crippen LogP contribution is -2.28. The number of anilines is 1. The first-order chi connectivity index (χ1) is 15.9. The van der Waals surface area contributed by atoms with Crippen LogP contribution in [0.3, 0.4) is 0 Å². The average molecular weight is 553 g/mol. The first-order valence-corrected chi connectivity index (χ1v) is 13.2. The van der Waals surface area contributed by atoms with Crippen molar-refractivity contribution < 1.29 is 22.5 Å². The highest BCUT2D eigenvalue weighted by Crippen LogP contribution is 2.40. The standard InChI is InChI=1S/C25H27BrF2N2O3S/c1-5-34(32)18-7-9-21(29-11-10-25(27,28)15-29)19(14-18)22-13-16-12-17(26)6-8-20(16)30(22)23(31)33-24(2,3)4/h6-9,12-14H,5,10-11,15H2,1-4H3/t34-/m1/s1. The van der Waals surface area contributed by atoms with Crippen molar-refractivity contribution in [2.24, 2.45) is 0 Å². The van der Waals surface area contributed by atoms with Crippen LogP contribution in [0.4, 0.5) is 19.3 Å². The van der Waals surface area contributed by atoms with E-state index in [0.29, 0.717) is 33.1 Å². The van der Waals surface area contributed by atoms with Gasteiger partial charge in [-0.05, 0) is 63.2 Å². The molecule has 5 nitrogen and oxygen atoms in total. The average Bonchev–Trinajstić information content (AvgIpc) is 3.30. The number of hydrogen-bond acceptors (Lipinski definition) is 4. The van der Waals surface area contributed by atoms with Gasteiger partial charge >= 0.3 is 6.09 Å². The number of fused-ring (bicyclic) bond motifs is 1. The van der Waals surface area contributed by atoms with Gasteiger partial charge in [0.15, 0.2) is 0 Å². The predicted molar refractivity (Wildman–Crippen MR) is 135 cm³/mol. The molecule has 0 bridgehead atoms. The number of benzene rings is 2. The van der Waals surface area contributed by atoms with Gasteiger partial charge in [0.05, 0.1) is 28.6 Å². The summed E-state index contributed by atoms with van der Waals surface area (Å²) in [6, 6.07) is 12.6. The first-order valence-electron chi connectivity index (χ1n) is 11.1. The molecule has 0 N–H and O–H groups in total. The lowest BCUT2D eigenvalue weighted by Gasteiger charge is -2.24. The molecule has 0 unspecified atom stereocenters. The molecular weight excluding hydrogens is 526 g/mol. The summed E-state index contributed by atoms with van der Waals surface area (Å²) < 4.78 is 48.9. The maximum absolute atomic E-state index is 14.1. The topological polar surface area (TPSA) is 51.5 Å². The minimum Gasteiger partial charge on any atom is -0.443 e. The van der Waals surface area contributed by atoms with E-state index in [0.717, 1.165) is 9.86 Å². The molecule has 1 aromatic heterocycles. The van der Waals surface area contributed by atoms with Crippen molar-refractivity contribution in [3.63, 3.8) is 0 Å². The highest BCUT2D eigenvalue weighted by molar-refractivity contribution is 9.10. The molecule has 0 aliphatic carbocycles. The number of ether oxygens (including phenoxy) is 1. The number of nitrogens with zero attached hydrogens (tertiary/aromatic N) is 2. The second kappa shape index (κ2) is 9.07. The third-order valence-electron chi connectivity index (χ3n) is 5.62. The SMILES string of the molecule is CC[S@@](=O)c1ccc(N2CCC(F)(F)C2)c(-c2cc3cc(Br)ccc3n2C(=O)OC(C)(C)C)c1. The zero-order valence-corrected chi connectivity index (χ0v) is 21.9. The number of carbonyl (C=O) groups excluding carboxylic acids is 1. The van der Waals surface area contributed by atoms with Crippen LogP contribution in [0.1, 0.15) is 34.1 Å². The number of alkyl halides is 2. The summed E-state index contributed by atoms with van der Waals surface area (Å²) in [6.07, 6.45) is -0.809. The van der Waals surface area contributed by atoms with E-state index in [9.17, 15) is 17.8 Å². The molecule has 0 radical (unpaired) electrons. The summed E-state index contributed by atoms with van der Waals surface area (Å²) in [5.74, 6) is -2.37. The number of aromatic nitrogens is 1. The van der Waals surface area contributed by atoms with E-state index in [1.165, 1.54) is 4.57 Å². The maximum atomic E-state index is 14.1. The van der Waals surface area contributed by atoms with Crippen LogP contribution in [0.15, 0.2) is 51.8 Å². The van der Waals surface area contributed by atoms with Gasteiger partial charge in [0.25, 0.3) is 5.92 Å². The molecule has 0 spiro atoms. The Labute approximate surface area is 208 Å². The molecule has 2 heterocycles. The summed E-state index contributed by atoms with van der Waals surface area (Å²) in [6.45, 7) is 6.96. The van der Waals surface area contributed by atoms with Gasteiger partial charge in [-0.25, -0.2) is 18.1 Å². The molecule has 1 fully saturated rings. The van der Waals surface area contributed by atoms with Crippen LogP contribution >= 0.6 is 15.9 Å². The zero-order valence-electron chi connectivity index (χ0n) is 19.5. The fourth-order valence-electron chi connectivity index (χ4n) is 4.13. The van der Waals surface area contributed by atoms with Crippen molar-refractivity contribution in [1.29, 1.82) is 0 Å². The van der Waals surface area contributed by atoms with E-state index < -0.39 is 35.0 Å². The minimum atomic E-state index is -2.79. The Morgan fingerprint density at radius 2 is 1.91 bits per heavy atom. The van der Waals surface area contributed by atoms with E-state index in [2.05, 4.69) is 15.9 Å². The van der Waals surface area contributed by atoms with Gasteiger partial charge in [-0.15, -0.1) is 0 Å². The van der Waals surface area contributed by atoms with Crippen LogP contribution in [-0.2, 0) is 15.5 Å². The highest BCUT2D eigenvalue weighted by Gasteiger charge is 2.39. The Kier molecular flexibility index (Phi) is 6.63. The van der Waals surface area contributed by atoms with Crippen molar-refractivity contribution in [1.82, 2.24) is 4.57 Å². The van der Waals surface area contributed by atoms with Crippen LogP contribution < -0.4 is 4.90 Å². The molecule has 1 atom stereocenters. The van der Waals surface area contributed by atoms with Crippen molar-refractivity contribution in [2.75, 3.05) is 23.7 Å². The van der Waals surface area contributed by atoms with Crippen molar-refractivity contribution in [3.8, 4) is 11.3 Å². The van der Waals surface area contributed by atoms with Gasteiger partial charge in [-0.2, -0.15) is 0 Å². The fourth-order valence-corrected chi connectivity index (χ4v) is 5.32. The number of hydrogen-bond donors (Lipinski definition) is 0. The molecule has 4 rings (SSSR count). The van der Waals surface area contributed by atoms with E-state index in [-0.39, 0.29) is 13.0 Å². The number of rotatable bonds is 4. The van der Waals surface area contributed by atoms with Gasteiger partial charge in [-0.3, -0.25) is 4.21 Å². The third kappa shape index (κ3) is 5.05. The number of carbonyl (C=O) groups is 1. The molecule has 0 saturated carbocycles. The van der Waals surface area contributed by atoms with Crippen LogP contribution in [0.5, 0.6) is 0 Å². The molecule has 1 aliphatic rings. The Morgan fingerprint density at radius 1 is 1.18 bits per heavy atom. The lowest BCUT2D eigenvalue weighted by molar-refractivity contribution is 0.0257. The highest BCUT2D eigenvalue weighted by atomic mass is 79.9. The summed E-state index contributed by atoms with van der Waals surface area (Å²) >= 11 is 3.47. The second-order valence-corrected chi connectivity index (χ2v) is 12.0. The van der Waals surface area contributed by atoms with Crippen molar-refractivity contribution in [2.45, 2.75) is 50.5 Å². The Balaban J connectivity index is 1.97. The summed E-state index contributed by atoms with van der Waals surface area (Å²) in [5.41, 5.74) is 1.54. The van der Waals surface area contributed by atoms with Crippen LogP contribution in [0.2, 0.25) is 0 Å². The summed E-state index contributed by atoms with van der Waals surface area (Å²) in [4.78, 5) is 15.6. The zero-order chi connectivity index (χ0) is 24.8. The Hall–Kier alpha value is -2.26. The van der Waals surface area contributed by atoms with Gasteiger partial charge in [0.1, 0.15) is 5.60 Å². The molecule has 9 heteroatoms. The maximum Gasteiger partial charge on any atom is 0.419 e. The Morgan fingerprint density at radius 3 is 2.53 bits per heavy atom. The normalized spacial score (nSPS) is 16.7. The second-order valence-electron chi connectivity index (χ2n) is 9.39. The van der Waals surface area contributed by atoms with E-state index in [4.69, 9.17) is 4.74 Å². The van der Waals surface area contributed by atoms with E-state index >= 15 is 0 Å². The molecule has 182 valence electrons. The molecule has 0 amide bonds. The van der Waals surface area contributed by atoms with Gasteiger partial charge in [-0.1, -0.05) is 22.9 Å². The minimum absolute atomic E-state index is 0.189. The fraction of sp³-hybridized carbons (Fsp3) is 0.400. The largest absolute Gasteiger partial charge is 0.443 e. The van der Waals surface area contributed by atoms with Crippen LogP contribution in [0.25, 0.3) is 22.2 Å². The number of halogens is 3. The van der Waals surface area contributed by atoms with Crippen LogP contribution in [-0.4, -0.2) is 45.2 Å². The summed E-state index contributed by atoms with van der Waals surface area (Å²) in [7, 11) is -1.25. The van der Waals surface area contributed by atoms with Gasteiger partial charge < -0.3 is 9.64 Å². The van der Waals surface area contributed by atoms with Crippen molar-refractivity contribution >= 4 is 49.4 Å². The third-order valence-corrected chi connectivity index (χ3v) is 7.42. The van der Waals surface area contributed by atoms with Crippen molar-refractivity contribution in [3.05, 3.63) is 46.9 Å². The monoisotopic (exact) mass is 552 g/mol. The predicted octanol–water partition coefficient (Wildman–Crippen LogP) is 6.83. The first kappa shape index (κ1) is 24.9. The molecule has 3 aromatic rings. The van der Waals surface area contributed by atoms with Gasteiger partial charge in [0, 0.05) is 44.7 Å². The molecule has 1 aliphatic heterocycles. The quantitative estimate of drug-likeness (QED) is 0.356. The smallest absolute Gasteiger partial charge is 0.419 e.